The number of carbonyl (C=O) groups excluding carboxylic acids is 1. The predicted octanol–water partition coefficient (Wildman–Crippen LogP) is 3.53. The average Bonchev–Trinajstić information content (AvgIpc) is 3.25. The smallest absolute Gasteiger partial charge is 0.434 e. The molecule has 2 aliphatic rings. The van der Waals surface area contributed by atoms with Crippen LogP contribution in [-0.4, -0.2) is 48.0 Å². The molecule has 0 unspecified atom stereocenters. The first-order chi connectivity index (χ1) is 16.9. The van der Waals surface area contributed by atoms with Crippen molar-refractivity contribution >= 4 is 23.0 Å². The van der Waals surface area contributed by atoms with Crippen molar-refractivity contribution < 1.29 is 27.4 Å². The molecule has 5 rings (SSSR count). The van der Waals surface area contributed by atoms with E-state index in [0.29, 0.717) is 25.1 Å². The van der Waals surface area contributed by atoms with Crippen LogP contribution in [0.25, 0.3) is 16.7 Å². The van der Waals surface area contributed by atoms with Gasteiger partial charge in [0.15, 0.2) is 23.0 Å². The topological polar surface area (TPSA) is 85.7 Å². The van der Waals surface area contributed by atoms with Gasteiger partial charge in [-0.15, -0.1) is 0 Å². The summed E-state index contributed by atoms with van der Waals surface area (Å²) in [6.07, 6.45) is 1.98. The summed E-state index contributed by atoms with van der Waals surface area (Å²) in [5.41, 5.74) is -1.04. The van der Waals surface area contributed by atoms with Crippen molar-refractivity contribution in [2.75, 3.05) is 31.1 Å². The van der Waals surface area contributed by atoms with Gasteiger partial charge in [0, 0.05) is 25.2 Å². The van der Waals surface area contributed by atoms with E-state index in [1.54, 1.807) is 11.8 Å². The number of anilines is 1. The number of benzene rings is 1. The van der Waals surface area contributed by atoms with Gasteiger partial charge in [0.25, 0.3) is 0 Å². The third-order valence-electron chi connectivity index (χ3n) is 6.40. The van der Waals surface area contributed by atoms with Gasteiger partial charge in [-0.05, 0) is 50.4 Å². The lowest BCUT2D eigenvalue weighted by Crippen LogP contribution is -2.40. The fourth-order valence-electron chi connectivity index (χ4n) is 4.80. The molecular formula is C24H23F3N4O4. The summed E-state index contributed by atoms with van der Waals surface area (Å²) in [5, 5.41) is 3.21. The first-order valence-electron chi connectivity index (χ1n) is 11.4. The number of hydrogen-bond acceptors (Lipinski definition) is 7. The molecule has 184 valence electrons. The Hall–Kier alpha value is -3.60. The molecule has 8 nitrogen and oxygen atoms in total. The Balaban J connectivity index is 1.68. The van der Waals surface area contributed by atoms with Crippen molar-refractivity contribution in [1.82, 2.24) is 14.9 Å². The molecule has 0 radical (unpaired) electrons. The number of aromatic nitrogens is 2. The van der Waals surface area contributed by atoms with Crippen LogP contribution in [0.1, 0.15) is 19.8 Å². The second-order valence-electron chi connectivity index (χ2n) is 8.61. The molecule has 2 aromatic heterocycles. The van der Waals surface area contributed by atoms with Crippen LogP contribution in [0.4, 0.5) is 23.8 Å². The van der Waals surface area contributed by atoms with Crippen molar-refractivity contribution in [3.05, 3.63) is 58.1 Å². The summed E-state index contributed by atoms with van der Waals surface area (Å²) in [6, 6.07) is 4.08. The first-order valence-corrected chi connectivity index (χ1v) is 11.4. The van der Waals surface area contributed by atoms with E-state index >= 15 is 4.39 Å². The van der Waals surface area contributed by atoms with Gasteiger partial charge in [-0.3, -0.25) is 9.36 Å². The number of halogens is 3. The highest BCUT2D eigenvalue weighted by Gasteiger charge is 2.36. The Morgan fingerprint density at radius 2 is 2.03 bits per heavy atom. The third kappa shape index (κ3) is 4.31. The minimum absolute atomic E-state index is 0.000576. The monoisotopic (exact) mass is 488 g/mol. The number of carbonyl (C=O) groups is 1. The van der Waals surface area contributed by atoms with E-state index in [4.69, 9.17) is 9.47 Å². The van der Waals surface area contributed by atoms with Gasteiger partial charge in [0.1, 0.15) is 11.6 Å². The molecule has 2 fully saturated rings. The Morgan fingerprint density at radius 1 is 1.20 bits per heavy atom. The Morgan fingerprint density at radius 3 is 2.77 bits per heavy atom. The zero-order chi connectivity index (χ0) is 24.7. The summed E-state index contributed by atoms with van der Waals surface area (Å²) in [7, 11) is 0. The second kappa shape index (κ2) is 9.21. The highest BCUT2D eigenvalue weighted by Crippen LogP contribution is 2.32. The number of ether oxygens (including phenoxy) is 2. The molecule has 35 heavy (non-hydrogen) atoms. The highest BCUT2D eigenvalue weighted by atomic mass is 19.1. The minimum atomic E-state index is -1.15. The largest absolute Gasteiger partial charge is 0.514 e. The SMILES string of the molecule is CCOC(=O)Oc1cn(-c2ccc(F)cc2F)c2nc(N3C[C@@H]4CCCN[C@@H]4C3)c(F)cc2c1=O. The Labute approximate surface area is 198 Å². The molecule has 0 spiro atoms. The maximum atomic E-state index is 15.3. The van der Waals surface area contributed by atoms with Crippen LogP contribution in [0.15, 0.2) is 35.3 Å². The second-order valence-corrected chi connectivity index (χ2v) is 8.61. The number of hydrogen-bond donors (Lipinski definition) is 1. The van der Waals surface area contributed by atoms with Gasteiger partial charge in [-0.1, -0.05) is 0 Å². The van der Waals surface area contributed by atoms with Crippen LogP contribution < -0.4 is 20.4 Å². The molecule has 1 aromatic carbocycles. The maximum absolute atomic E-state index is 15.3. The molecular weight excluding hydrogens is 465 g/mol. The zero-order valence-corrected chi connectivity index (χ0v) is 18.9. The van der Waals surface area contributed by atoms with Crippen LogP contribution >= 0.6 is 0 Å². The average molecular weight is 488 g/mol. The van der Waals surface area contributed by atoms with Gasteiger partial charge in [-0.2, -0.15) is 0 Å². The van der Waals surface area contributed by atoms with Crippen molar-refractivity contribution in [1.29, 1.82) is 0 Å². The lowest BCUT2D eigenvalue weighted by atomic mass is 9.94. The van der Waals surface area contributed by atoms with E-state index in [0.717, 1.165) is 48.3 Å². The van der Waals surface area contributed by atoms with Gasteiger partial charge >= 0.3 is 6.16 Å². The molecule has 3 aromatic rings. The van der Waals surface area contributed by atoms with Crippen molar-refractivity contribution in [3.8, 4) is 11.4 Å². The molecule has 0 bridgehead atoms. The van der Waals surface area contributed by atoms with E-state index in [1.807, 2.05) is 0 Å². The lowest BCUT2D eigenvalue weighted by Gasteiger charge is -2.24. The molecule has 2 saturated heterocycles. The van der Waals surface area contributed by atoms with E-state index in [-0.39, 0.29) is 35.2 Å². The van der Waals surface area contributed by atoms with Crippen molar-refractivity contribution in [2.24, 2.45) is 5.92 Å². The number of rotatable bonds is 4. The van der Waals surface area contributed by atoms with Crippen LogP contribution in [0.5, 0.6) is 5.75 Å². The fourth-order valence-corrected chi connectivity index (χ4v) is 4.80. The van der Waals surface area contributed by atoms with Crippen LogP contribution in [0.2, 0.25) is 0 Å². The predicted molar refractivity (Wildman–Crippen MR) is 122 cm³/mol. The zero-order valence-electron chi connectivity index (χ0n) is 18.9. The summed E-state index contributed by atoms with van der Waals surface area (Å²) < 4.78 is 54.5. The number of pyridine rings is 2. The van der Waals surface area contributed by atoms with Crippen LogP contribution in [0.3, 0.4) is 0 Å². The summed E-state index contributed by atoms with van der Waals surface area (Å²) in [4.78, 5) is 31.1. The summed E-state index contributed by atoms with van der Waals surface area (Å²) in [6.45, 7) is 3.58. The molecule has 2 atom stereocenters. The quantitative estimate of drug-likeness (QED) is 0.563. The van der Waals surface area contributed by atoms with Gasteiger partial charge in [0.05, 0.1) is 23.9 Å². The number of nitrogens with zero attached hydrogens (tertiary/aromatic N) is 3. The number of piperidine rings is 1. The van der Waals surface area contributed by atoms with Crippen molar-refractivity contribution in [3.63, 3.8) is 0 Å². The van der Waals surface area contributed by atoms with E-state index in [1.165, 1.54) is 0 Å². The van der Waals surface area contributed by atoms with Crippen LogP contribution in [-0.2, 0) is 4.74 Å². The third-order valence-corrected chi connectivity index (χ3v) is 6.40. The molecule has 0 amide bonds. The molecule has 0 aliphatic carbocycles. The van der Waals surface area contributed by atoms with Gasteiger partial charge in [0.2, 0.25) is 5.43 Å². The highest BCUT2D eigenvalue weighted by molar-refractivity contribution is 5.81. The Bertz CT molecular complexity index is 1350. The first kappa shape index (κ1) is 23.2. The molecule has 11 heteroatoms. The van der Waals surface area contributed by atoms with Crippen LogP contribution in [0, 0.1) is 23.4 Å². The van der Waals surface area contributed by atoms with Gasteiger partial charge in [-0.25, -0.2) is 22.9 Å². The molecule has 1 N–H and O–H groups in total. The van der Waals surface area contributed by atoms with Gasteiger partial charge < -0.3 is 19.7 Å². The molecule has 2 aliphatic heterocycles. The maximum Gasteiger partial charge on any atom is 0.514 e. The van der Waals surface area contributed by atoms with E-state index in [2.05, 4.69) is 10.3 Å². The number of nitrogens with one attached hydrogen (secondary N) is 1. The number of fused-ring (bicyclic) bond motifs is 2. The van der Waals surface area contributed by atoms with E-state index in [9.17, 15) is 18.4 Å². The fraction of sp³-hybridized carbons (Fsp3) is 0.375. The summed E-state index contributed by atoms with van der Waals surface area (Å²) >= 11 is 0. The normalized spacial score (nSPS) is 19.6. The van der Waals surface area contributed by atoms with E-state index < -0.39 is 34.8 Å². The standard InChI is InChI=1S/C24H23F3N4O4/c1-2-34-24(33)35-20-12-31(19-6-5-14(25)8-16(19)26)22-15(21(20)32)9-17(27)23(29-22)30-10-13-4-3-7-28-18(13)11-30/h5-6,8-9,12-13,18,28H,2-4,7,10-11H2,1H3/t13-,18+/m0/s1. The Kier molecular flexibility index (Phi) is 6.10. The molecule has 0 saturated carbocycles. The lowest BCUT2D eigenvalue weighted by molar-refractivity contribution is 0.104. The van der Waals surface area contributed by atoms with Crippen molar-refractivity contribution in [2.45, 2.75) is 25.8 Å². The minimum Gasteiger partial charge on any atom is -0.434 e. The molecule has 4 heterocycles. The summed E-state index contributed by atoms with van der Waals surface area (Å²) in [5.74, 6) is -2.61.